The van der Waals surface area contributed by atoms with Gasteiger partial charge in [-0.3, -0.25) is 9.59 Å². The maximum Gasteiger partial charge on any atom is 0.306 e. The Morgan fingerprint density at radius 1 is 1.13 bits per heavy atom. The first-order valence-corrected chi connectivity index (χ1v) is 8.51. The van der Waals surface area contributed by atoms with E-state index in [1.165, 1.54) is 11.1 Å². The van der Waals surface area contributed by atoms with Crippen LogP contribution in [0.4, 0.5) is 0 Å². The van der Waals surface area contributed by atoms with Crippen LogP contribution in [-0.4, -0.2) is 17.0 Å². The molecular formula is C19H25NO3. The van der Waals surface area contributed by atoms with Gasteiger partial charge in [-0.25, -0.2) is 0 Å². The number of carboxylic acids is 1. The predicted octanol–water partition coefficient (Wildman–Crippen LogP) is 3.42. The van der Waals surface area contributed by atoms with Crippen molar-refractivity contribution in [3.05, 3.63) is 35.4 Å². The molecule has 0 saturated heterocycles. The van der Waals surface area contributed by atoms with Gasteiger partial charge in [0.1, 0.15) is 0 Å². The van der Waals surface area contributed by atoms with Crippen molar-refractivity contribution in [3.8, 4) is 0 Å². The van der Waals surface area contributed by atoms with E-state index in [1.54, 1.807) is 0 Å². The Hall–Kier alpha value is -1.84. The second-order valence-corrected chi connectivity index (χ2v) is 7.62. The Morgan fingerprint density at radius 3 is 2.52 bits per heavy atom. The first-order chi connectivity index (χ1) is 10.9. The van der Waals surface area contributed by atoms with Gasteiger partial charge in [0.15, 0.2) is 0 Å². The maximum absolute atomic E-state index is 12.5. The van der Waals surface area contributed by atoms with Crippen molar-refractivity contribution in [2.45, 2.75) is 57.4 Å². The lowest BCUT2D eigenvalue weighted by Gasteiger charge is -2.37. The molecule has 0 bridgehead atoms. The molecule has 1 saturated carbocycles. The number of carbonyl (C=O) groups is 2. The minimum absolute atomic E-state index is 0.0215. The zero-order chi connectivity index (χ0) is 16.6. The highest BCUT2D eigenvalue weighted by molar-refractivity contribution is 5.81. The van der Waals surface area contributed by atoms with E-state index in [0.29, 0.717) is 19.3 Å². The lowest BCUT2D eigenvalue weighted by atomic mass is 9.71. The fourth-order valence-corrected chi connectivity index (χ4v) is 4.10. The minimum atomic E-state index is -0.773. The number of hydrogen-bond donors (Lipinski definition) is 2. The standard InChI is InChI=1S/C19H25NO3/c1-19(2)10-9-16(14-5-3-4-6-15(14)19)20-17(21)12-7-8-13(11-12)18(22)23/h3-6,12-13,16H,7-11H2,1-2H3,(H,20,21)(H,22,23)/t12-,13+,16?/m1/s1. The Labute approximate surface area is 137 Å². The fourth-order valence-electron chi connectivity index (χ4n) is 4.10. The molecule has 2 aliphatic carbocycles. The van der Waals surface area contributed by atoms with E-state index in [-0.39, 0.29) is 29.2 Å². The van der Waals surface area contributed by atoms with Gasteiger partial charge in [0.2, 0.25) is 5.91 Å². The lowest BCUT2D eigenvalue weighted by Crippen LogP contribution is -2.38. The summed E-state index contributed by atoms with van der Waals surface area (Å²) in [5.41, 5.74) is 2.66. The molecule has 1 fully saturated rings. The van der Waals surface area contributed by atoms with Crippen molar-refractivity contribution in [2.75, 3.05) is 0 Å². The van der Waals surface area contributed by atoms with Gasteiger partial charge in [0.25, 0.3) is 0 Å². The molecule has 0 spiro atoms. The van der Waals surface area contributed by atoms with Gasteiger partial charge in [0, 0.05) is 5.92 Å². The molecule has 23 heavy (non-hydrogen) atoms. The fraction of sp³-hybridized carbons (Fsp3) is 0.579. The summed E-state index contributed by atoms with van der Waals surface area (Å²) in [6, 6.07) is 8.39. The molecule has 1 aromatic rings. The summed E-state index contributed by atoms with van der Waals surface area (Å²) in [7, 11) is 0. The van der Waals surface area contributed by atoms with Crippen molar-refractivity contribution in [3.63, 3.8) is 0 Å². The number of carboxylic acid groups (broad SMARTS) is 1. The van der Waals surface area contributed by atoms with Crippen LogP contribution < -0.4 is 5.32 Å². The molecular weight excluding hydrogens is 290 g/mol. The SMILES string of the molecule is CC1(C)CCC(NC(=O)[C@@H]2CC[C@H](C(=O)O)C2)c2ccccc21. The molecule has 3 atom stereocenters. The van der Waals surface area contributed by atoms with Crippen LogP contribution in [0.15, 0.2) is 24.3 Å². The molecule has 124 valence electrons. The normalized spacial score (nSPS) is 28.9. The van der Waals surface area contributed by atoms with Crippen LogP contribution in [0.5, 0.6) is 0 Å². The van der Waals surface area contributed by atoms with E-state index in [0.717, 1.165) is 12.8 Å². The molecule has 0 aromatic heterocycles. The molecule has 1 amide bonds. The zero-order valence-electron chi connectivity index (χ0n) is 13.8. The Morgan fingerprint density at radius 2 is 1.83 bits per heavy atom. The third kappa shape index (κ3) is 3.12. The van der Waals surface area contributed by atoms with Crippen LogP contribution in [-0.2, 0) is 15.0 Å². The van der Waals surface area contributed by atoms with Crippen LogP contribution in [0.2, 0.25) is 0 Å². The number of fused-ring (bicyclic) bond motifs is 1. The van der Waals surface area contributed by atoms with Crippen molar-refractivity contribution >= 4 is 11.9 Å². The molecule has 4 nitrogen and oxygen atoms in total. The summed E-state index contributed by atoms with van der Waals surface area (Å²) >= 11 is 0. The smallest absolute Gasteiger partial charge is 0.306 e. The number of rotatable bonds is 3. The summed E-state index contributed by atoms with van der Waals surface area (Å²) < 4.78 is 0. The van der Waals surface area contributed by atoms with Crippen molar-refractivity contribution in [1.29, 1.82) is 0 Å². The van der Waals surface area contributed by atoms with Crippen LogP contribution in [0, 0.1) is 11.8 Å². The van der Waals surface area contributed by atoms with Gasteiger partial charge in [-0.1, -0.05) is 38.1 Å². The average molecular weight is 315 g/mol. The predicted molar refractivity (Wildman–Crippen MR) is 88.1 cm³/mol. The van der Waals surface area contributed by atoms with Gasteiger partial charge in [-0.2, -0.15) is 0 Å². The first kappa shape index (κ1) is 16.0. The van der Waals surface area contributed by atoms with Crippen LogP contribution >= 0.6 is 0 Å². The largest absolute Gasteiger partial charge is 0.481 e. The second-order valence-electron chi connectivity index (χ2n) is 7.62. The van der Waals surface area contributed by atoms with Crippen LogP contribution in [0.3, 0.4) is 0 Å². The highest BCUT2D eigenvalue weighted by Crippen LogP contribution is 2.41. The first-order valence-electron chi connectivity index (χ1n) is 8.51. The molecule has 0 aliphatic heterocycles. The van der Waals surface area contributed by atoms with Gasteiger partial charge in [0.05, 0.1) is 12.0 Å². The molecule has 0 radical (unpaired) electrons. The number of aliphatic carboxylic acids is 1. The quantitative estimate of drug-likeness (QED) is 0.898. The Bertz CT molecular complexity index is 623. The van der Waals surface area contributed by atoms with E-state index in [4.69, 9.17) is 5.11 Å². The van der Waals surface area contributed by atoms with Crippen LogP contribution in [0.25, 0.3) is 0 Å². The molecule has 2 N–H and O–H groups in total. The van der Waals surface area contributed by atoms with E-state index in [9.17, 15) is 9.59 Å². The van der Waals surface area contributed by atoms with Crippen molar-refractivity contribution < 1.29 is 14.7 Å². The number of nitrogens with one attached hydrogen (secondary N) is 1. The molecule has 2 aliphatic rings. The molecule has 1 unspecified atom stereocenters. The summed E-state index contributed by atoms with van der Waals surface area (Å²) in [4.78, 5) is 23.6. The van der Waals surface area contributed by atoms with E-state index < -0.39 is 5.97 Å². The van der Waals surface area contributed by atoms with Gasteiger partial charge in [-0.15, -0.1) is 0 Å². The zero-order valence-corrected chi connectivity index (χ0v) is 13.8. The van der Waals surface area contributed by atoms with Gasteiger partial charge in [-0.05, 0) is 48.6 Å². The molecule has 0 heterocycles. The molecule has 4 heteroatoms. The van der Waals surface area contributed by atoms with E-state index in [2.05, 4.69) is 37.4 Å². The monoisotopic (exact) mass is 315 g/mol. The summed E-state index contributed by atoms with van der Waals surface area (Å²) in [6.45, 7) is 4.50. The number of carbonyl (C=O) groups excluding carboxylic acids is 1. The maximum atomic E-state index is 12.5. The summed E-state index contributed by atoms with van der Waals surface area (Å²) in [5, 5.41) is 12.3. The highest BCUT2D eigenvalue weighted by atomic mass is 16.4. The Balaban J connectivity index is 1.72. The third-order valence-corrected chi connectivity index (χ3v) is 5.59. The lowest BCUT2D eigenvalue weighted by molar-refractivity contribution is -0.141. The van der Waals surface area contributed by atoms with E-state index >= 15 is 0 Å². The van der Waals surface area contributed by atoms with Crippen molar-refractivity contribution in [1.82, 2.24) is 5.32 Å². The topological polar surface area (TPSA) is 66.4 Å². The average Bonchev–Trinajstić information content (AvgIpc) is 3.01. The van der Waals surface area contributed by atoms with Gasteiger partial charge >= 0.3 is 5.97 Å². The number of amides is 1. The van der Waals surface area contributed by atoms with Gasteiger partial charge < -0.3 is 10.4 Å². The third-order valence-electron chi connectivity index (χ3n) is 5.59. The second kappa shape index (κ2) is 5.99. The summed E-state index contributed by atoms with van der Waals surface area (Å²) in [5.74, 6) is -1.26. The minimum Gasteiger partial charge on any atom is -0.481 e. The molecule has 3 rings (SSSR count). The number of hydrogen-bond acceptors (Lipinski definition) is 2. The number of benzene rings is 1. The highest BCUT2D eigenvalue weighted by Gasteiger charge is 2.37. The van der Waals surface area contributed by atoms with E-state index in [1.807, 2.05) is 6.07 Å². The summed E-state index contributed by atoms with van der Waals surface area (Å²) in [6.07, 6.45) is 3.74. The molecule has 1 aromatic carbocycles. The Kier molecular flexibility index (Phi) is 4.17. The van der Waals surface area contributed by atoms with Crippen molar-refractivity contribution in [2.24, 2.45) is 11.8 Å². The van der Waals surface area contributed by atoms with Crippen LogP contribution in [0.1, 0.15) is 63.1 Å².